The van der Waals surface area contributed by atoms with Crippen LogP contribution in [0.15, 0.2) is 94.9 Å². The van der Waals surface area contributed by atoms with E-state index in [4.69, 9.17) is 1.28 Å². The second kappa shape index (κ2) is 16.0. The largest absolute Gasteiger partial charge is 0.338 e. The summed E-state index contributed by atoms with van der Waals surface area (Å²) in [5.74, 6) is 0.241. The Kier molecular flexibility index (Phi) is 11.6. The van der Waals surface area contributed by atoms with Gasteiger partial charge >= 0.3 is 0 Å². The van der Waals surface area contributed by atoms with Gasteiger partial charge in [0, 0.05) is 31.2 Å². The Morgan fingerprint density at radius 3 is 2.11 bits per heavy atom. The van der Waals surface area contributed by atoms with Crippen molar-refractivity contribution < 1.29 is 18.0 Å². The van der Waals surface area contributed by atoms with Gasteiger partial charge in [-0.25, -0.2) is 0 Å². The minimum atomic E-state index is -3.85. The van der Waals surface area contributed by atoms with Gasteiger partial charge in [-0.3, -0.25) is 9.59 Å². The van der Waals surface area contributed by atoms with Crippen LogP contribution >= 0.6 is 9.18 Å². The fourth-order valence-corrected chi connectivity index (χ4v) is 6.63. The molecule has 0 saturated carbocycles. The zero-order chi connectivity index (χ0) is 32.2. The molecule has 3 aromatic rings. The van der Waals surface area contributed by atoms with E-state index < -0.39 is 10.0 Å². The number of hydrogen-bond donors (Lipinski definition) is 1. The lowest BCUT2D eigenvalue weighted by Crippen LogP contribution is -2.60. The summed E-state index contributed by atoms with van der Waals surface area (Å²) in [6.07, 6.45) is 6.64. The Hall–Kier alpha value is -3.55. The van der Waals surface area contributed by atoms with E-state index >= 15 is 0 Å². The molecule has 0 spiro atoms. The normalized spacial score (nSPS) is 20.3. The first-order valence-electron chi connectivity index (χ1n) is 15.7. The number of nitrogens with zero attached hydrogens (tertiary/aromatic N) is 3. The molecule has 8 nitrogen and oxygen atoms in total. The number of fused-ring (bicyclic) bond motifs is 1. The standard InChI is InChI=1S/C20H23N3O3S.C13H15NO.CH5P/c1-16-10-12-18(13-11-16)27(25,26)22-21-19(17-8-4-2-5-9-17)20(24)23-14-6-3-7-15-23;15-13-12(10-6-2-1-3-7-10)11-8-4-5-9-14(11)13;1-2/h2,4-5,8-13,22H,3,6-7,14-15H2,1H3;1-3,6-7,11-12H,4-5,8-9H2;2H2,1H3/i;;2T. The van der Waals surface area contributed by atoms with Gasteiger partial charge in [0.2, 0.25) is 5.91 Å². The van der Waals surface area contributed by atoms with Gasteiger partial charge < -0.3 is 9.80 Å². The topological polar surface area (TPSA) is 99.1 Å². The van der Waals surface area contributed by atoms with Gasteiger partial charge in [0.25, 0.3) is 15.9 Å². The Bertz CT molecular complexity index is 1530. The molecule has 0 bridgehead atoms. The number of carbonyl (C=O) groups excluding carboxylic acids is 2. The predicted octanol–water partition coefficient (Wildman–Crippen LogP) is 5.35. The Labute approximate surface area is 265 Å². The summed E-state index contributed by atoms with van der Waals surface area (Å²) in [4.78, 5) is 31.0. The highest BCUT2D eigenvalue weighted by Gasteiger charge is 2.48. The van der Waals surface area contributed by atoms with Crippen molar-refractivity contribution in [2.45, 2.75) is 62.3 Å². The van der Waals surface area contributed by atoms with Crippen molar-refractivity contribution in [2.75, 3.05) is 26.3 Å². The van der Waals surface area contributed by atoms with Crippen molar-refractivity contribution in [3.63, 3.8) is 0 Å². The highest BCUT2D eigenvalue weighted by molar-refractivity contribution is 7.89. The number of hydrazone groups is 1. The van der Waals surface area contributed by atoms with E-state index in [-0.39, 0.29) is 22.4 Å². The third kappa shape index (κ3) is 8.13. The number of β-lactam (4-membered cyclic amide) rings is 1. The van der Waals surface area contributed by atoms with Crippen LogP contribution in [-0.2, 0) is 19.6 Å². The molecule has 44 heavy (non-hydrogen) atoms. The number of piperidine rings is 2. The fourth-order valence-electron chi connectivity index (χ4n) is 5.82. The number of aryl methyl sites for hydroxylation is 1. The van der Waals surface area contributed by atoms with Gasteiger partial charge in [-0.05, 0) is 63.1 Å². The number of rotatable bonds is 6. The molecule has 3 heterocycles. The average molecular weight is 637 g/mol. The van der Waals surface area contributed by atoms with E-state index in [1.807, 2.05) is 37.9 Å². The van der Waals surface area contributed by atoms with Gasteiger partial charge in [-0.15, -0.1) is 9.18 Å². The molecule has 3 aliphatic heterocycles. The monoisotopic (exact) mass is 636 g/mol. The Morgan fingerprint density at radius 1 is 0.886 bits per heavy atom. The Morgan fingerprint density at radius 2 is 1.48 bits per heavy atom. The van der Waals surface area contributed by atoms with E-state index in [0.29, 0.717) is 39.8 Å². The second-order valence-electron chi connectivity index (χ2n) is 11.1. The van der Waals surface area contributed by atoms with Crippen LogP contribution in [0.3, 0.4) is 0 Å². The summed E-state index contributed by atoms with van der Waals surface area (Å²) in [5.41, 5.74) is 2.85. The van der Waals surface area contributed by atoms with Crippen molar-refractivity contribution in [1.82, 2.24) is 14.6 Å². The smallest absolute Gasteiger partial charge is 0.276 e. The molecule has 3 saturated heterocycles. The van der Waals surface area contributed by atoms with Crippen molar-refractivity contribution in [2.24, 2.45) is 5.10 Å². The van der Waals surface area contributed by atoms with Gasteiger partial charge in [-0.1, -0.05) is 85.0 Å². The van der Waals surface area contributed by atoms with Gasteiger partial charge in [0.15, 0.2) is 5.71 Å². The molecular formula is C34H43N4O4PS. The molecule has 3 aromatic carbocycles. The number of benzene rings is 3. The maximum atomic E-state index is 13.0. The maximum Gasteiger partial charge on any atom is 0.276 e. The van der Waals surface area contributed by atoms with E-state index in [1.165, 1.54) is 37.0 Å². The molecule has 2 amide bonds. The van der Waals surface area contributed by atoms with Crippen LogP contribution in [0.25, 0.3) is 0 Å². The fraction of sp³-hybridized carbons (Fsp3) is 0.382. The van der Waals surface area contributed by atoms with Crippen LogP contribution in [0.1, 0.15) is 61.1 Å². The molecule has 6 rings (SSSR count). The maximum absolute atomic E-state index is 13.0. The van der Waals surface area contributed by atoms with Crippen molar-refractivity contribution in [3.05, 3.63) is 102 Å². The van der Waals surface area contributed by atoms with Crippen LogP contribution in [0.5, 0.6) is 0 Å². The van der Waals surface area contributed by atoms with Crippen LogP contribution < -0.4 is 4.83 Å². The highest BCUT2D eigenvalue weighted by atomic mass is 32.2. The van der Waals surface area contributed by atoms with E-state index in [1.54, 1.807) is 41.3 Å². The quantitative estimate of drug-likeness (QED) is 0.171. The first-order chi connectivity index (χ1) is 21.8. The number of amides is 2. The van der Waals surface area contributed by atoms with Crippen LogP contribution in [0.2, 0.25) is 0 Å². The molecule has 10 heteroatoms. The summed E-state index contributed by atoms with van der Waals surface area (Å²) in [6, 6.07) is 26.1. The predicted molar refractivity (Wildman–Crippen MR) is 179 cm³/mol. The first kappa shape index (κ1) is 31.9. The van der Waals surface area contributed by atoms with Crippen molar-refractivity contribution in [3.8, 4) is 0 Å². The SMILES string of the molecule is Cc1ccc(S(=O)(=O)NN=C(C(=O)N2CCCCC2)c2ccccc2)cc1.O=C1C(c2ccccc2)C2CCCCN12.[3H]PC. The third-order valence-corrected chi connectivity index (χ3v) is 9.37. The first-order valence-corrected chi connectivity index (χ1v) is 17.7. The molecule has 1 N–H and O–H groups in total. The van der Waals surface area contributed by atoms with Crippen LogP contribution in [0.4, 0.5) is 0 Å². The summed E-state index contributed by atoms with van der Waals surface area (Å²) >= 11 is 0. The van der Waals surface area contributed by atoms with Gasteiger partial charge in [-0.2, -0.15) is 18.4 Å². The van der Waals surface area contributed by atoms with E-state index in [9.17, 15) is 18.0 Å². The molecule has 0 aromatic heterocycles. The summed E-state index contributed by atoms with van der Waals surface area (Å²) in [6.45, 7) is 6.00. The minimum Gasteiger partial charge on any atom is -0.338 e. The number of likely N-dealkylation sites (tertiary alicyclic amines) is 1. The summed E-state index contributed by atoms with van der Waals surface area (Å²) in [5, 5.41) is 4.03. The van der Waals surface area contributed by atoms with Crippen LogP contribution in [-0.4, -0.2) is 69.4 Å². The van der Waals surface area contributed by atoms with E-state index in [0.717, 1.165) is 31.4 Å². The molecule has 234 valence electrons. The minimum absolute atomic E-state index is 0.105. The van der Waals surface area contributed by atoms with Crippen molar-refractivity contribution >= 4 is 36.7 Å². The Balaban J connectivity index is 0.000000214. The molecule has 0 aliphatic carbocycles. The lowest BCUT2D eigenvalue weighted by molar-refractivity contribution is -0.152. The van der Waals surface area contributed by atoms with Crippen LogP contribution in [0, 0.1) is 6.92 Å². The zero-order valence-corrected chi connectivity index (χ0v) is 27.3. The second-order valence-corrected chi connectivity index (χ2v) is 12.7. The molecule has 3 unspecified atom stereocenters. The highest BCUT2D eigenvalue weighted by Crippen LogP contribution is 2.40. The van der Waals surface area contributed by atoms with Gasteiger partial charge in [0.1, 0.15) is 0 Å². The number of nitrogens with one attached hydrogen (secondary N) is 1. The van der Waals surface area contributed by atoms with Crippen molar-refractivity contribution in [1.29, 1.82) is 1.28 Å². The third-order valence-electron chi connectivity index (χ3n) is 8.14. The molecule has 3 atom stereocenters. The average Bonchev–Trinajstić information content (AvgIpc) is 3.07. The number of sulfonamides is 1. The zero-order valence-electron chi connectivity index (χ0n) is 26.5. The molecular weight excluding hydrogens is 591 g/mol. The molecule has 3 aliphatic rings. The lowest BCUT2D eigenvalue weighted by atomic mass is 9.77. The summed E-state index contributed by atoms with van der Waals surface area (Å²) in [7, 11) is -3.52. The number of hydrogen-bond acceptors (Lipinski definition) is 5. The lowest BCUT2D eigenvalue weighted by Gasteiger charge is -2.50. The van der Waals surface area contributed by atoms with Gasteiger partial charge in [0.05, 0.1) is 12.1 Å². The molecule has 3 fully saturated rings. The molecule has 0 radical (unpaired) electrons. The number of carbonyl (C=O) groups is 2. The summed E-state index contributed by atoms with van der Waals surface area (Å²) < 4.78 is 31.3. The van der Waals surface area contributed by atoms with E-state index in [2.05, 4.69) is 27.0 Å².